The van der Waals surface area contributed by atoms with Crippen molar-refractivity contribution in [1.29, 1.82) is 0 Å². The van der Waals surface area contributed by atoms with Gasteiger partial charge in [0.2, 0.25) is 5.91 Å². The number of carbonyl (C=O) groups excluding carboxylic acids is 1. The van der Waals surface area contributed by atoms with Gasteiger partial charge in [-0.2, -0.15) is 0 Å². The maximum absolute atomic E-state index is 11.9. The lowest BCUT2D eigenvalue weighted by Crippen LogP contribution is -2.29. The van der Waals surface area contributed by atoms with Crippen molar-refractivity contribution in [3.05, 3.63) is 64.6 Å². The highest BCUT2D eigenvalue weighted by molar-refractivity contribution is 9.10. The minimum Gasteiger partial charge on any atom is -0.375 e. The molecule has 0 aliphatic carbocycles. The lowest BCUT2D eigenvalue weighted by atomic mass is 10.1. The van der Waals surface area contributed by atoms with Gasteiger partial charge in [0.05, 0.1) is 6.42 Å². The second-order valence-corrected chi connectivity index (χ2v) is 6.18. The number of anilines is 1. The van der Waals surface area contributed by atoms with Gasteiger partial charge in [0, 0.05) is 30.3 Å². The Morgan fingerprint density at radius 2 is 1.91 bits per heavy atom. The molecule has 2 aromatic carbocycles. The molecule has 0 spiro atoms. The quantitative estimate of drug-likeness (QED) is 0.764. The highest BCUT2D eigenvalue weighted by Gasteiger charge is 2.04. The molecule has 0 saturated heterocycles. The third-order valence-corrected chi connectivity index (χ3v) is 3.94. The van der Waals surface area contributed by atoms with Gasteiger partial charge in [0.1, 0.15) is 0 Å². The number of hydrogen-bond donors (Lipinski definition) is 1. The van der Waals surface area contributed by atoms with Crippen LogP contribution in [0.25, 0.3) is 0 Å². The Labute approximate surface area is 140 Å². The number of nitrogens with zero attached hydrogens (tertiary/aromatic N) is 1. The summed E-state index contributed by atoms with van der Waals surface area (Å²) in [6, 6.07) is 18.1. The van der Waals surface area contributed by atoms with E-state index in [0.717, 1.165) is 23.0 Å². The van der Waals surface area contributed by atoms with Crippen LogP contribution in [0.4, 0.5) is 5.69 Å². The number of benzene rings is 2. The first-order valence-electron chi connectivity index (χ1n) is 7.42. The van der Waals surface area contributed by atoms with Crippen molar-refractivity contribution in [1.82, 2.24) is 5.32 Å². The van der Waals surface area contributed by atoms with Crippen LogP contribution in [-0.2, 0) is 11.2 Å². The molecule has 2 aromatic rings. The maximum Gasteiger partial charge on any atom is 0.224 e. The molecule has 22 heavy (non-hydrogen) atoms. The number of para-hydroxylation sites is 1. The van der Waals surface area contributed by atoms with E-state index in [9.17, 15) is 4.79 Å². The zero-order valence-corrected chi connectivity index (χ0v) is 14.3. The molecule has 3 nitrogen and oxygen atoms in total. The van der Waals surface area contributed by atoms with E-state index in [1.807, 2.05) is 42.5 Å². The lowest BCUT2D eigenvalue weighted by Gasteiger charge is -2.19. The van der Waals surface area contributed by atoms with Crippen LogP contribution >= 0.6 is 15.9 Å². The standard InChI is InChI=1S/C18H21BrN2O/c1-21(17-9-3-2-4-10-17)12-6-11-20-18(22)14-15-7-5-8-16(19)13-15/h2-5,7-10,13H,6,11-12,14H2,1H3,(H,20,22). The highest BCUT2D eigenvalue weighted by Crippen LogP contribution is 2.12. The van der Waals surface area contributed by atoms with Gasteiger partial charge in [-0.15, -0.1) is 0 Å². The number of halogens is 1. The maximum atomic E-state index is 11.9. The summed E-state index contributed by atoms with van der Waals surface area (Å²) < 4.78 is 1.00. The molecule has 1 amide bonds. The van der Waals surface area contributed by atoms with Gasteiger partial charge in [-0.3, -0.25) is 4.79 Å². The van der Waals surface area contributed by atoms with Crippen molar-refractivity contribution in [2.45, 2.75) is 12.8 Å². The number of rotatable bonds is 7. The zero-order chi connectivity index (χ0) is 15.8. The van der Waals surface area contributed by atoms with Crippen LogP contribution in [0.1, 0.15) is 12.0 Å². The van der Waals surface area contributed by atoms with E-state index in [1.165, 1.54) is 5.69 Å². The molecule has 0 saturated carbocycles. The molecule has 0 heterocycles. The second-order valence-electron chi connectivity index (χ2n) is 5.27. The van der Waals surface area contributed by atoms with E-state index in [2.05, 4.69) is 45.3 Å². The van der Waals surface area contributed by atoms with Crippen molar-refractivity contribution >= 4 is 27.5 Å². The van der Waals surface area contributed by atoms with Crippen LogP contribution in [0.15, 0.2) is 59.1 Å². The fourth-order valence-corrected chi connectivity index (χ4v) is 2.70. The van der Waals surface area contributed by atoms with Gasteiger partial charge in [-0.05, 0) is 36.2 Å². The molecular formula is C18H21BrN2O. The van der Waals surface area contributed by atoms with Gasteiger partial charge in [-0.25, -0.2) is 0 Å². The van der Waals surface area contributed by atoms with Crippen LogP contribution in [-0.4, -0.2) is 26.0 Å². The molecule has 0 fully saturated rings. The molecule has 116 valence electrons. The van der Waals surface area contributed by atoms with Gasteiger partial charge < -0.3 is 10.2 Å². The van der Waals surface area contributed by atoms with Crippen LogP contribution < -0.4 is 10.2 Å². The first-order valence-corrected chi connectivity index (χ1v) is 8.22. The SMILES string of the molecule is CN(CCCNC(=O)Cc1cccc(Br)c1)c1ccccc1. The van der Waals surface area contributed by atoms with Crippen LogP contribution in [0, 0.1) is 0 Å². The molecule has 0 aromatic heterocycles. The summed E-state index contributed by atoms with van der Waals surface area (Å²) in [4.78, 5) is 14.1. The molecular weight excluding hydrogens is 340 g/mol. The molecule has 0 bridgehead atoms. The van der Waals surface area contributed by atoms with Crippen molar-refractivity contribution < 1.29 is 4.79 Å². The average molecular weight is 361 g/mol. The van der Waals surface area contributed by atoms with Gasteiger partial charge in [-0.1, -0.05) is 46.3 Å². The summed E-state index contributed by atoms with van der Waals surface area (Å²) >= 11 is 3.42. The lowest BCUT2D eigenvalue weighted by molar-refractivity contribution is -0.120. The summed E-state index contributed by atoms with van der Waals surface area (Å²) in [5.41, 5.74) is 2.22. The Bertz CT molecular complexity index is 601. The van der Waals surface area contributed by atoms with Crippen molar-refractivity contribution in [3.63, 3.8) is 0 Å². The van der Waals surface area contributed by atoms with E-state index in [1.54, 1.807) is 0 Å². The first kappa shape index (κ1) is 16.6. The Balaban J connectivity index is 1.67. The zero-order valence-electron chi connectivity index (χ0n) is 12.8. The third kappa shape index (κ3) is 5.53. The summed E-state index contributed by atoms with van der Waals surface area (Å²) in [7, 11) is 2.07. The molecule has 0 radical (unpaired) electrons. The van der Waals surface area contributed by atoms with Crippen molar-refractivity contribution in [2.75, 3.05) is 25.0 Å². The average Bonchev–Trinajstić information content (AvgIpc) is 2.52. The number of nitrogens with one attached hydrogen (secondary N) is 1. The van der Waals surface area contributed by atoms with Crippen molar-refractivity contribution in [2.24, 2.45) is 0 Å². The Morgan fingerprint density at radius 3 is 2.64 bits per heavy atom. The minimum atomic E-state index is 0.0699. The summed E-state index contributed by atoms with van der Waals surface area (Å²) in [6.07, 6.45) is 1.35. The minimum absolute atomic E-state index is 0.0699. The van der Waals surface area contributed by atoms with E-state index >= 15 is 0 Å². The highest BCUT2D eigenvalue weighted by atomic mass is 79.9. The van der Waals surface area contributed by atoms with Gasteiger partial charge in [0.25, 0.3) is 0 Å². The van der Waals surface area contributed by atoms with Gasteiger partial charge >= 0.3 is 0 Å². The largest absolute Gasteiger partial charge is 0.375 e. The topological polar surface area (TPSA) is 32.3 Å². The summed E-state index contributed by atoms with van der Waals surface area (Å²) in [6.45, 7) is 1.62. The fraction of sp³-hybridized carbons (Fsp3) is 0.278. The molecule has 0 aliphatic rings. The Kier molecular flexibility index (Phi) is 6.46. The molecule has 0 aliphatic heterocycles. The molecule has 0 unspecified atom stereocenters. The summed E-state index contributed by atoms with van der Waals surface area (Å²) in [5, 5.41) is 2.98. The van der Waals surface area contributed by atoms with Crippen molar-refractivity contribution in [3.8, 4) is 0 Å². The monoisotopic (exact) mass is 360 g/mol. The Hall–Kier alpha value is -1.81. The predicted octanol–water partition coefficient (Wildman–Crippen LogP) is 3.63. The molecule has 4 heteroatoms. The normalized spacial score (nSPS) is 10.3. The molecule has 0 atom stereocenters. The number of carbonyl (C=O) groups is 1. The van der Waals surface area contributed by atoms with E-state index < -0.39 is 0 Å². The third-order valence-electron chi connectivity index (χ3n) is 3.44. The fourth-order valence-electron chi connectivity index (χ4n) is 2.25. The van der Waals surface area contributed by atoms with E-state index in [0.29, 0.717) is 13.0 Å². The second kappa shape index (κ2) is 8.59. The van der Waals surface area contributed by atoms with Gasteiger partial charge in [0.15, 0.2) is 0 Å². The van der Waals surface area contributed by atoms with Crippen LogP contribution in [0.5, 0.6) is 0 Å². The smallest absolute Gasteiger partial charge is 0.224 e. The first-order chi connectivity index (χ1) is 10.6. The summed E-state index contributed by atoms with van der Waals surface area (Å²) in [5.74, 6) is 0.0699. The number of hydrogen-bond acceptors (Lipinski definition) is 2. The predicted molar refractivity (Wildman–Crippen MR) is 95.2 cm³/mol. The Morgan fingerprint density at radius 1 is 1.14 bits per heavy atom. The number of amides is 1. The van der Waals surface area contributed by atoms with E-state index in [4.69, 9.17) is 0 Å². The molecule has 2 rings (SSSR count). The molecule has 1 N–H and O–H groups in total. The van der Waals surface area contributed by atoms with E-state index in [-0.39, 0.29) is 5.91 Å². The van der Waals surface area contributed by atoms with Crippen LogP contribution in [0.3, 0.4) is 0 Å². The van der Waals surface area contributed by atoms with Crippen LogP contribution in [0.2, 0.25) is 0 Å².